The molecule has 0 unspecified atom stereocenters. The topological polar surface area (TPSA) is 111 Å². The van der Waals surface area contributed by atoms with E-state index in [2.05, 4.69) is 36.3 Å². The van der Waals surface area contributed by atoms with Gasteiger partial charge in [-0.1, -0.05) is 135 Å². The van der Waals surface area contributed by atoms with E-state index in [0.29, 0.717) is 38.8 Å². The maximum absolute atomic E-state index is 12.9. The number of rotatable bonds is 33. The summed E-state index contributed by atoms with van der Waals surface area (Å²) < 4.78 is 0. The lowest BCUT2D eigenvalue weighted by Gasteiger charge is -2.16. The number of amides is 1. The molecule has 0 aliphatic heterocycles. The van der Waals surface area contributed by atoms with E-state index in [9.17, 15) is 9.59 Å². The molecule has 0 aromatic carbocycles. The zero-order chi connectivity index (χ0) is 31.6. The van der Waals surface area contributed by atoms with Gasteiger partial charge in [0.05, 0.1) is 0 Å². The second-order valence-electron chi connectivity index (χ2n) is 12.7. The number of nitrogens with two attached hydrogens (primary N) is 2. The number of carbonyl (C=O) groups excluding carboxylic acids is 2. The predicted octanol–water partition coefficient (Wildman–Crippen LogP) is 10.1. The summed E-state index contributed by atoms with van der Waals surface area (Å²) in [4.78, 5) is 29.7. The molecule has 0 aromatic heterocycles. The first kappa shape index (κ1) is 44.6. The van der Waals surface area contributed by atoms with Crippen LogP contribution >= 0.6 is 12.4 Å². The Morgan fingerprint density at radius 1 is 0.636 bits per heavy atom. The van der Waals surface area contributed by atoms with E-state index in [1.165, 1.54) is 122 Å². The standard InChI is InChI=1S/C37H72N4O2.ClH/c1-3-5-7-9-11-13-15-16-17-18-19-20-22-24-26-30-35(42)33-34(29-28-32-41-37(38)39)36(43)40-31-27-25-23-21-14-12-10-8-6-4-2;/h16-17,34H,3-15,18-33H2,1-2H3,(H,40,43)(H4,38,39,41);1H/b17-16+;/t34-;/m1./s1. The average Bonchev–Trinajstić information content (AvgIpc) is 2.99. The van der Waals surface area contributed by atoms with Crippen molar-refractivity contribution in [3.05, 3.63) is 12.2 Å². The molecule has 6 nitrogen and oxygen atoms in total. The summed E-state index contributed by atoms with van der Waals surface area (Å²) in [5.74, 6) is 0.00671. The Hall–Kier alpha value is -1.56. The van der Waals surface area contributed by atoms with E-state index in [-0.39, 0.29) is 36.0 Å². The van der Waals surface area contributed by atoms with E-state index in [4.69, 9.17) is 11.5 Å². The summed E-state index contributed by atoms with van der Waals surface area (Å²) in [7, 11) is 0. The number of guanidine groups is 1. The van der Waals surface area contributed by atoms with Crippen molar-refractivity contribution in [1.29, 1.82) is 0 Å². The summed E-state index contributed by atoms with van der Waals surface area (Å²) in [5, 5.41) is 3.10. The van der Waals surface area contributed by atoms with Crippen molar-refractivity contribution in [3.63, 3.8) is 0 Å². The molecule has 0 aromatic rings. The second kappa shape index (κ2) is 35.9. The molecule has 0 radical (unpaired) electrons. The molecule has 260 valence electrons. The number of allylic oxidation sites excluding steroid dienone is 2. The highest BCUT2D eigenvalue weighted by Gasteiger charge is 2.21. The van der Waals surface area contributed by atoms with Crippen molar-refractivity contribution in [2.24, 2.45) is 22.4 Å². The molecule has 0 bridgehead atoms. The van der Waals surface area contributed by atoms with Crippen LogP contribution in [0.3, 0.4) is 0 Å². The molecule has 1 amide bonds. The van der Waals surface area contributed by atoms with Gasteiger partial charge in [-0.25, -0.2) is 0 Å². The second-order valence-corrected chi connectivity index (χ2v) is 12.7. The number of nitrogens with one attached hydrogen (secondary N) is 1. The summed E-state index contributed by atoms with van der Waals surface area (Å²) >= 11 is 0. The highest BCUT2D eigenvalue weighted by Crippen LogP contribution is 2.17. The minimum atomic E-state index is -0.284. The van der Waals surface area contributed by atoms with Gasteiger partial charge in [0, 0.05) is 31.8 Å². The first-order valence-corrected chi connectivity index (χ1v) is 18.5. The van der Waals surface area contributed by atoms with Crippen LogP contribution in [0.2, 0.25) is 0 Å². The number of Topliss-reactive ketones (excluding diaryl/α,β-unsaturated/α-hetero) is 1. The van der Waals surface area contributed by atoms with Gasteiger partial charge in [-0.05, 0) is 51.4 Å². The lowest BCUT2D eigenvalue weighted by Crippen LogP contribution is -2.33. The number of ketones is 1. The number of nitrogens with zero attached hydrogens (tertiary/aromatic N) is 1. The van der Waals surface area contributed by atoms with Crippen molar-refractivity contribution >= 4 is 30.1 Å². The average molecular weight is 641 g/mol. The largest absolute Gasteiger partial charge is 0.370 e. The van der Waals surface area contributed by atoms with Gasteiger partial charge in [-0.2, -0.15) is 0 Å². The van der Waals surface area contributed by atoms with Crippen molar-refractivity contribution in [2.75, 3.05) is 13.1 Å². The number of halogens is 1. The lowest BCUT2D eigenvalue weighted by atomic mass is 9.93. The molecule has 0 spiro atoms. The third-order valence-electron chi connectivity index (χ3n) is 8.40. The number of carbonyl (C=O) groups is 2. The van der Waals surface area contributed by atoms with Crippen molar-refractivity contribution in [3.8, 4) is 0 Å². The van der Waals surface area contributed by atoms with Gasteiger partial charge in [0.25, 0.3) is 0 Å². The Bertz CT molecular complexity index is 695. The Morgan fingerprint density at radius 2 is 1.09 bits per heavy atom. The quantitative estimate of drug-likeness (QED) is 0.0287. The molecule has 7 heteroatoms. The smallest absolute Gasteiger partial charge is 0.223 e. The van der Waals surface area contributed by atoms with E-state index in [0.717, 1.165) is 25.7 Å². The van der Waals surface area contributed by atoms with Gasteiger partial charge in [-0.15, -0.1) is 12.4 Å². The molecular formula is C37H73ClN4O2. The fourth-order valence-corrected chi connectivity index (χ4v) is 5.61. The van der Waals surface area contributed by atoms with Crippen molar-refractivity contribution in [1.82, 2.24) is 5.32 Å². The molecule has 0 saturated carbocycles. The van der Waals surface area contributed by atoms with Crippen molar-refractivity contribution in [2.45, 2.75) is 187 Å². The molecule has 0 saturated heterocycles. The molecule has 0 rings (SSSR count). The molecular weight excluding hydrogens is 568 g/mol. The third kappa shape index (κ3) is 33.3. The SMILES string of the molecule is CCCCCCCC/C=C/CCCCCCCC(=O)C[C@@H](CCCN=C(N)N)C(=O)NCCCCCCCCCCCC.Cl. The van der Waals surface area contributed by atoms with E-state index in [1.807, 2.05) is 0 Å². The zero-order valence-electron chi connectivity index (χ0n) is 29.1. The number of unbranched alkanes of at least 4 members (excludes halogenated alkanes) is 20. The van der Waals surface area contributed by atoms with Gasteiger partial charge >= 0.3 is 0 Å². The molecule has 0 fully saturated rings. The molecule has 44 heavy (non-hydrogen) atoms. The van der Waals surface area contributed by atoms with E-state index in [1.54, 1.807) is 0 Å². The Balaban J connectivity index is 0. The monoisotopic (exact) mass is 641 g/mol. The minimum Gasteiger partial charge on any atom is -0.370 e. The Kier molecular flexibility index (Phi) is 36.4. The number of aliphatic imine (C=N–C) groups is 1. The highest BCUT2D eigenvalue weighted by molar-refractivity contribution is 5.86. The van der Waals surface area contributed by atoms with Crippen LogP contribution in [0, 0.1) is 5.92 Å². The van der Waals surface area contributed by atoms with E-state index < -0.39 is 0 Å². The molecule has 5 N–H and O–H groups in total. The Labute approximate surface area is 279 Å². The van der Waals surface area contributed by atoms with Gasteiger partial charge in [0.2, 0.25) is 5.91 Å². The van der Waals surface area contributed by atoms with Crippen LogP contribution in [0.15, 0.2) is 17.1 Å². The molecule has 0 heterocycles. The van der Waals surface area contributed by atoms with Gasteiger partial charge in [0.15, 0.2) is 5.96 Å². The molecule has 0 aliphatic rings. The van der Waals surface area contributed by atoms with Crippen LogP contribution < -0.4 is 16.8 Å². The van der Waals surface area contributed by atoms with Crippen LogP contribution in [0.1, 0.15) is 187 Å². The molecule has 0 aliphatic carbocycles. The summed E-state index contributed by atoms with van der Waals surface area (Å²) in [6.07, 6.45) is 35.9. The maximum atomic E-state index is 12.9. The fraction of sp³-hybridized carbons (Fsp3) is 0.865. The highest BCUT2D eigenvalue weighted by atomic mass is 35.5. The van der Waals surface area contributed by atoms with Gasteiger partial charge in [-0.3, -0.25) is 14.6 Å². The Morgan fingerprint density at radius 3 is 1.59 bits per heavy atom. The maximum Gasteiger partial charge on any atom is 0.223 e. The van der Waals surface area contributed by atoms with Gasteiger partial charge in [0.1, 0.15) is 5.78 Å². The lowest BCUT2D eigenvalue weighted by molar-refractivity contribution is -0.129. The zero-order valence-corrected chi connectivity index (χ0v) is 29.9. The van der Waals surface area contributed by atoms with Crippen molar-refractivity contribution < 1.29 is 9.59 Å². The van der Waals surface area contributed by atoms with Gasteiger partial charge < -0.3 is 16.8 Å². The summed E-state index contributed by atoms with van der Waals surface area (Å²) in [6, 6.07) is 0. The fourth-order valence-electron chi connectivity index (χ4n) is 5.61. The number of hydrogen-bond donors (Lipinski definition) is 3. The van der Waals surface area contributed by atoms with Crippen LogP contribution in [0.5, 0.6) is 0 Å². The first-order valence-electron chi connectivity index (χ1n) is 18.5. The van der Waals surface area contributed by atoms with Crippen LogP contribution in [0.4, 0.5) is 0 Å². The van der Waals surface area contributed by atoms with Crippen LogP contribution in [-0.2, 0) is 9.59 Å². The first-order chi connectivity index (χ1) is 21.0. The third-order valence-corrected chi connectivity index (χ3v) is 8.40. The summed E-state index contributed by atoms with van der Waals surface area (Å²) in [5.41, 5.74) is 10.9. The van der Waals surface area contributed by atoms with Crippen LogP contribution in [-0.4, -0.2) is 30.7 Å². The van der Waals surface area contributed by atoms with E-state index >= 15 is 0 Å². The normalized spacial score (nSPS) is 11.8. The minimum absolute atomic E-state index is 0. The van der Waals surface area contributed by atoms with Crippen LogP contribution in [0.25, 0.3) is 0 Å². The predicted molar refractivity (Wildman–Crippen MR) is 195 cm³/mol. The molecule has 1 atom stereocenters. The summed E-state index contributed by atoms with van der Waals surface area (Å²) in [6.45, 7) is 5.71. The number of hydrogen-bond acceptors (Lipinski definition) is 3.